The molecule has 1 aliphatic rings. The number of aliphatic imine (C=N–C) groups is 2. The minimum absolute atomic E-state index is 0.0392. The van der Waals surface area contributed by atoms with Gasteiger partial charge in [-0.05, 0) is 32.0 Å². The summed E-state index contributed by atoms with van der Waals surface area (Å²) < 4.78 is 99.0. The number of alkyl halides is 6. The second-order valence-corrected chi connectivity index (χ2v) is 5.26. The van der Waals surface area contributed by atoms with Crippen LogP contribution < -0.4 is 0 Å². The van der Waals surface area contributed by atoms with E-state index in [2.05, 4.69) is 9.98 Å². The second-order valence-electron chi connectivity index (χ2n) is 5.26. The van der Waals surface area contributed by atoms with Crippen LogP contribution in [0.1, 0.15) is 19.4 Å². The van der Waals surface area contributed by atoms with Crippen LogP contribution in [-0.2, 0) is 4.74 Å². The number of nitrogens with zero attached hydrogens (tertiary/aromatic N) is 3. The molecular weight excluding hydrogens is 371 g/mol. The average molecular weight is 385 g/mol. The summed E-state index contributed by atoms with van der Waals surface area (Å²) in [5.41, 5.74) is -5.11. The van der Waals surface area contributed by atoms with Gasteiger partial charge in [-0.3, -0.25) is 0 Å². The highest BCUT2D eigenvalue weighted by atomic mass is 19.4. The first-order valence-corrected chi connectivity index (χ1v) is 7.47. The molecule has 144 valence electrons. The van der Waals surface area contributed by atoms with Crippen LogP contribution in [0.15, 0.2) is 34.3 Å². The highest BCUT2D eigenvalue weighted by molar-refractivity contribution is 6.02. The zero-order chi connectivity index (χ0) is 19.8. The first-order valence-electron chi connectivity index (χ1n) is 7.47. The van der Waals surface area contributed by atoms with Crippen LogP contribution in [0.2, 0.25) is 0 Å². The van der Waals surface area contributed by atoms with E-state index in [0.717, 1.165) is 29.2 Å². The summed E-state index contributed by atoms with van der Waals surface area (Å²) in [7, 11) is 0. The average Bonchev–Trinajstić information content (AvgIpc) is 2.53. The minimum atomic E-state index is -5.88. The molecule has 0 fully saturated rings. The SMILES string of the molecule is CCN(CC)C1=NC(C(F)(F)F)(C(F)(F)F)N=C(c2cccc(F)c2)O1. The van der Waals surface area contributed by atoms with Gasteiger partial charge in [0.1, 0.15) is 5.82 Å². The lowest BCUT2D eigenvalue weighted by Crippen LogP contribution is -2.58. The van der Waals surface area contributed by atoms with E-state index in [-0.39, 0.29) is 18.7 Å². The molecule has 0 amide bonds. The van der Waals surface area contributed by atoms with E-state index >= 15 is 0 Å². The third-order valence-electron chi connectivity index (χ3n) is 3.60. The predicted octanol–water partition coefficient (Wildman–Crippen LogP) is 4.12. The lowest BCUT2D eigenvalue weighted by molar-refractivity contribution is -0.293. The van der Waals surface area contributed by atoms with E-state index in [0.29, 0.717) is 0 Å². The molecule has 0 bridgehead atoms. The number of halogens is 7. The third-order valence-corrected chi connectivity index (χ3v) is 3.60. The molecule has 0 radical (unpaired) electrons. The van der Waals surface area contributed by atoms with Crippen LogP contribution in [-0.4, -0.2) is 47.9 Å². The van der Waals surface area contributed by atoms with Crippen LogP contribution >= 0.6 is 0 Å². The molecule has 0 saturated carbocycles. The van der Waals surface area contributed by atoms with E-state index < -0.39 is 35.8 Å². The summed E-state index contributed by atoms with van der Waals surface area (Å²) in [5, 5.41) is 0. The number of rotatable bonds is 3. The monoisotopic (exact) mass is 385 g/mol. The first-order chi connectivity index (χ1) is 11.9. The van der Waals surface area contributed by atoms with Crippen LogP contribution in [0.5, 0.6) is 0 Å². The van der Waals surface area contributed by atoms with Crippen LogP contribution in [0.4, 0.5) is 30.7 Å². The van der Waals surface area contributed by atoms with Gasteiger partial charge < -0.3 is 9.64 Å². The third kappa shape index (κ3) is 3.47. The van der Waals surface area contributed by atoms with Crippen molar-refractivity contribution < 1.29 is 35.5 Å². The van der Waals surface area contributed by atoms with Gasteiger partial charge in [-0.2, -0.15) is 31.3 Å². The lowest BCUT2D eigenvalue weighted by atomic mass is 10.1. The van der Waals surface area contributed by atoms with Crippen molar-refractivity contribution in [3.63, 3.8) is 0 Å². The topological polar surface area (TPSA) is 37.2 Å². The van der Waals surface area contributed by atoms with Gasteiger partial charge in [0, 0.05) is 18.7 Å². The van der Waals surface area contributed by atoms with Crippen LogP contribution in [0.25, 0.3) is 0 Å². The van der Waals surface area contributed by atoms with Gasteiger partial charge in [-0.1, -0.05) is 6.07 Å². The Balaban J connectivity index is 2.73. The fourth-order valence-electron chi connectivity index (χ4n) is 2.23. The Labute approximate surface area is 144 Å². The number of ether oxygens (including phenoxy) is 1. The predicted molar refractivity (Wildman–Crippen MR) is 79.2 cm³/mol. The number of hydrogen-bond acceptors (Lipinski definition) is 4. The molecule has 26 heavy (non-hydrogen) atoms. The van der Waals surface area contributed by atoms with Gasteiger partial charge in [0.15, 0.2) is 0 Å². The summed E-state index contributed by atoms with van der Waals surface area (Å²) in [5.74, 6) is -1.89. The van der Waals surface area contributed by atoms with Gasteiger partial charge in [0.05, 0.1) is 0 Å². The summed E-state index contributed by atoms with van der Waals surface area (Å²) in [6.07, 6.45) is -11.8. The molecule has 2 rings (SSSR count). The highest BCUT2D eigenvalue weighted by Gasteiger charge is 2.74. The Morgan fingerprint density at radius 2 is 1.58 bits per heavy atom. The molecule has 0 aliphatic carbocycles. The molecule has 0 unspecified atom stereocenters. The zero-order valence-corrected chi connectivity index (χ0v) is 13.6. The number of benzene rings is 1. The molecular formula is C15H14F7N3O. The maximum absolute atomic E-state index is 13.4. The van der Waals surface area contributed by atoms with Crippen LogP contribution in [0.3, 0.4) is 0 Å². The van der Waals surface area contributed by atoms with Gasteiger partial charge in [-0.25, -0.2) is 9.38 Å². The minimum Gasteiger partial charge on any atom is -0.406 e. The Hall–Kier alpha value is -2.33. The van der Waals surface area contributed by atoms with Gasteiger partial charge in [0.2, 0.25) is 5.90 Å². The molecule has 1 aromatic rings. The highest BCUT2D eigenvalue weighted by Crippen LogP contribution is 2.48. The quantitative estimate of drug-likeness (QED) is 0.734. The van der Waals surface area contributed by atoms with E-state index in [1.54, 1.807) is 0 Å². The van der Waals surface area contributed by atoms with E-state index in [9.17, 15) is 30.7 Å². The summed E-state index contributed by atoms with van der Waals surface area (Å²) in [6.45, 7) is 3.09. The summed E-state index contributed by atoms with van der Waals surface area (Å²) >= 11 is 0. The standard InChI is InChI=1S/C15H14F7N3O/c1-3-25(4-2)12-24-13(14(17,18)19,15(20,21)22)23-11(26-12)9-6-5-7-10(16)8-9/h5-8H,3-4H2,1-2H3. The largest absolute Gasteiger partial charge is 0.443 e. The molecule has 1 aromatic carbocycles. The number of hydrogen-bond donors (Lipinski definition) is 0. The van der Waals surface area contributed by atoms with Crippen molar-refractivity contribution in [2.75, 3.05) is 13.1 Å². The zero-order valence-electron chi connectivity index (χ0n) is 13.6. The summed E-state index contributed by atoms with van der Waals surface area (Å²) in [6, 6.07) is 3.01. The van der Waals surface area contributed by atoms with Crippen molar-refractivity contribution in [1.82, 2.24) is 4.90 Å². The smallest absolute Gasteiger partial charge is 0.406 e. The normalized spacial score (nSPS) is 17.3. The number of amidine groups is 1. The van der Waals surface area contributed by atoms with Gasteiger partial charge in [0.25, 0.3) is 6.02 Å². The molecule has 0 atom stereocenters. The lowest BCUT2D eigenvalue weighted by Gasteiger charge is -2.36. The Kier molecular flexibility index (Phi) is 5.20. The fraction of sp³-hybridized carbons (Fsp3) is 0.467. The molecule has 0 saturated heterocycles. The van der Waals surface area contributed by atoms with E-state index in [1.165, 1.54) is 13.8 Å². The maximum atomic E-state index is 13.4. The molecule has 0 spiro atoms. The van der Waals surface area contributed by atoms with Gasteiger partial charge >= 0.3 is 18.0 Å². The molecule has 11 heteroatoms. The Bertz CT molecular complexity index is 707. The van der Waals surface area contributed by atoms with E-state index in [1.807, 2.05) is 0 Å². The second kappa shape index (κ2) is 6.76. The molecule has 4 nitrogen and oxygen atoms in total. The maximum Gasteiger partial charge on any atom is 0.443 e. The fourth-order valence-corrected chi connectivity index (χ4v) is 2.23. The summed E-state index contributed by atoms with van der Waals surface area (Å²) in [4.78, 5) is 6.59. The van der Waals surface area contributed by atoms with Crippen molar-refractivity contribution >= 4 is 11.9 Å². The van der Waals surface area contributed by atoms with Crippen molar-refractivity contribution in [3.8, 4) is 0 Å². The molecule has 1 heterocycles. The van der Waals surface area contributed by atoms with Gasteiger partial charge in [-0.15, -0.1) is 0 Å². The van der Waals surface area contributed by atoms with Crippen LogP contribution in [0, 0.1) is 5.82 Å². The first kappa shape index (κ1) is 20.0. The van der Waals surface area contributed by atoms with Crippen molar-refractivity contribution in [1.29, 1.82) is 0 Å². The van der Waals surface area contributed by atoms with E-state index in [4.69, 9.17) is 4.74 Å². The Morgan fingerprint density at radius 1 is 1.00 bits per heavy atom. The van der Waals surface area contributed by atoms with Crippen molar-refractivity contribution in [3.05, 3.63) is 35.6 Å². The van der Waals surface area contributed by atoms with Crippen molar-refractivity contribution in [2.45, 2.75) is 31.9 Å². The molecule has 0 aromatic heterocycles. The molecule has 1 aliphatic heterocycles. The van der Waals surface area contributed by atoms with Crippen molar-refractivity contribution in [2.24, 2.45) is 9.98 Å². The molecule has 0 N–H and O–H groups in total. The Morgan fingerprint density at radius 3 is 2.04 bits per heavy atom.